The van der Waals surface area contributed by atoms with Crippen molar-refractivity contribution in [2.75, 3.05) is 0 Å². The van der Waals surface area contributed by atoms with Gasteiger partial charge in [0.05, 0.1) is 0 Å². The van der Waals surface area contributed by atoms with E-state index in [2.05, 4.69) is 19.1 Å². The Hall–Kier alpha value is -1.31. The van der Waals surface area contributed by atoms with Gasteiger partial charge in [0.1, 0.15) is 0 Å². The summed E-state index contributed by atoms with van der Waals surface area (Å²) in [6.45, 7) is 2.12. The molecule has 0 bridgehead atoms. The fraction of sp³-hybridized carbons (Fsp3) is 0.462. The molecule has 0 heterocycles. The van der Waals surface area contributed by atoms with Crippen LogP contribution in [0.25, 0.3) is 0 Å². The van der Waals surface area contributed by atoms with Crippen LogP contribution in [0.2, 0.25) is 0 Å². The van der Waals surface area contributed by atoms with Crippen LogP contribution in [-0.4, -0.2) is 11.1 Å². The minimum absolute atomic E-state index is 0.288. The molecule has 0 amide bonds. The summed E-state index contributed by atoms with van der Waals surface area (Å²) < 4.78 is 0. The lowest BCUT2D eigenvalue weighted by atomic mass is 9.97. The quantitative estimate of drug-likeness (QED) is 0.776. The second-order valence-corrected chi connectivity index (χ2v) is 4.06. The van der Waals surface area contributed by atoms with Crippen molar-refractivity contribution in [2.24, 2.45) is 5.92 Å². The molecule has 0 aliphatic heterocycles. The number of hydrogen-bond donors (Lipinski definition) is 1. The molecular weight excluding hydrogens is 188 g/mol. The predicted molar refractivity (Wildman–Crippen MR) is 60.8 cm³/mol. The molecule has 0 fully saturated rings. The Morgan fingerprint density at radius 1 is 1.27 bits per heavy atom. The van der Waals surface area contributed by atoms with E-state index < -0.39 is 5.97 Å². The summed E-state index contributed by atoms with van der Waals surface area (Å²) in [5.41, 5.74) is 1.33. The van der Waals surface area contributed by atoms with Crippen molar-refractivity contribution >= 4 is 5.97 Å². The molecule has 0 aliphatic rings. The molecule has 0 aliphatic carbocycles. The standard InChI is InChI=1S/C13H18O2/c1-11(8-10-13(14)15)7-9-12-5-3-2-4-6-12/h2-6,11H,7-10H2,1H3,(H,14,15)/t11-/m1/s1. The Labute approximate surface area is 90.9 Å². The second-order valence-electron chi connectivity index (χ2n) is 4.06. The van der Waals surface area contributed by atoms with Gasteiger partial charge in [-0.25, -0.2) is 0 Å². The zero-order valence-electron chi connectivity index (χ0n) is 9.15. The van der Waals surface area contributed by atoms with Crippen LogP contribution in [0.5, 0.6) is 0 Å². The molecule has 2 nitrogen and oxygen atoms in total. The third kappa shape index (κ3) is 5.21. The van der Waals surface area contributed by atoms with Crippen molar-refractivity contribution in [1.29, 1.82) is 0 Å². The fourth-order valence-electron chi connectivity index (χ4n) is 1.57. The van der Waals surface area contributed by atoms with Crippen LogP contribution < -0.4 is 0 Å². The molecule has 0 spiro atoms. The summed E-state index contributed by atoms with van der Waals surface area (Å²) in [5.74, 6) is -0.206. The Bertz CT molecular complexity index is 293. The van der Waals surface area contributed by atoms with Gasteiger partial charge >= 0.3 is 5.97 Å². The second kappa shape index (κ2) is 6.23. The van der Waals surface area contributed by atoms with E-state index in [0.717, 1.165) is 19.3 Å². The first kappa shape index (κ1) is 11.8. The van der Waals surface area contributed by atoms with Gasteiger partial charge in [0, 0.05) is 6.42 Å². The zero-order valence-corrected chi connectivity index (χ0v) is 9.15. The minimum atomic E-state index is -0.693. The molecule has 0 unspecified atom stereocenters. The Morgan fingerprint density at radius 2 is 1.93 bits per heavy atom. The maximum Gasteiger partial charge on any atom is 0.303 e. The molecule has 82 valence electrons. The number of hydrogen-bond acceptors (Lipinski definition) is 1. The van der Waals surface area contributed by atoms with Crippen LogP contribution in [-0.2, 0) is 11.2 Å². The molecule has 1 N–H and O–H groups in total. The van der Waals surface area contributed by atoms with E-state index in [1.807, 2.05) is 18.2 Å². The highest BCUT2D eigenvalue weighted by Gasteiger charge is 2.05. The molecular formula is C13H18O2. The topological polar surface area (TPSA) is 37.3 Å². The minimum Gasteiger partial charge on any atom is -0.481 e. The normalized spacial score (nSPS) is 12.3. The monoisotopic (exact) mass is 206 g/mol. The lowest BCUT2D eigenvalue weighted by molar-refractivity contribution is -0.137. The number of aliphatic carboxylic acids is 1. The van der Waals surface area contributed by atoms with Crippen molar-refractivity contribution in [2.45, 2.75) is 32.6 Å². The van der Waals surface area contributed by atoms with Gasteiger partial charge in [-0.05, 0) is 30.7 Å². The largest absolute Gasteiger partial charge is 0.481 e. The highest BCUT2D eigenvalue weighted by atomic mass is 16.4. The highest BCUT2D eigenvalue weighted by Crippen LogP contribution is 2.14. The van der Waals surface area contributed by atoms with Crippen molar-refractivity contribution < 1.29 is 9.90 Å². The molecule has 0 aromatic heterocycles. The van der Waals surface area contributed by atoms with Crippen molar-refractivity contribution in [1.82, 2.24) is 0 Å². The third-order valence-corrected chi connectivity index (χ3v) is 2.62. The Kier molecular flexibility index (Phi) is 4.88. The molecule has 0 radical (unpaired) electrons. The third-order valence-electron chi connectivity index (χ3n) is 2.62. The van der Waals surface area contributed by atoms with Crippen molar-refractivity contribution in [3.05, 3.63) is 35.9 Å². The number of carboxylic acid groups (broad SMARTS) is 1. The first-order chi connectivity index (χ1) is 7.18. The van der Waals surface area contributed by atoms with Crippen LogP contribution in [0.3, 0.4) is 0 Å². The first-order valence-corrected chi connectivity index (χ1v) is 5.44. The van der Waals surface area contributed by atoms with E-state index in [1.165, 1.54) is 5.56 Å². The van der Waals surface area contributed by atoms with Gasteiger partial charge in [-0.1, -0.05) is 37.3 Å². The molecule has 1 aromatic carbocycles. The molecule has 1 aromatic rings. The first-order valence-electron chi connectivity index (χ1n) is 5.44. The van der Waals surface area contributed by atoms with E-state index in [-0.39, 0.29) is 6.42 Å². The van der Waals surface area contributed by atoms with Crippen molar-refractivity contribution in [3.63, 3.8) is 0 Å². The van der Waals surface area contributed by atoms with Crippen LogP contribution in [0, 0.1) is 5.92 Å². The van der Waals surface area contributed by atoms with E-state index in [9.17, 15) is 4.79 Å². The summed E-state index contributed by atoms with van der Waals surface area (Å²) >= 11 is 0. The number of aryl methyl sites for hydroxylation is 1. The smallest absolute Gasteiger partial charge is 0.303 e. The molecule has 15 heavy (non-hydrogen) atoms. The summed E-state index contributed by atoms with van der Waals surface area (Å²) in [7, 11) is 0. The van der Waals surface area contributed by atoms with Crippen LogP contribution in [0.1, 0.15) is 31.7 Å². The molecule has 1 atom stereocenters. The maximum absolute atomic E-state index is 10.4. The lowest BCUT2D eigenvalue weighted by Crippen LogP contribution is -2.02. The average Bonchev–Trinajstić information content (AvgIpc) is 2.25. The SMILES string of the molecule is C[C@@H](CCC(=O)O)CCc1ccccc1. The Morgan fingerprint density at radius 3 is 2.53 bits per heavy atom. The maximum atomic E-state index is 10.4. The Balaban J connectivity index is 2.22. The van der Waals surface area contributed by atoms with Crippen LogP contribution in [0.4, 0.5) is 0 Å². The van der Waals surface area contributed by atoms with Gasteiger partial charge in [0.2, 0.25) is 0 Å². The number of carbonyl (C=O) groups is 1. The van der Waals surface area contributed by atoms with Crippen molar-refractivity contribution in [3.8, 4) is 0 Å². The van der Waals surface area contributed by atoms with Gasteiger partial charge in [-0.2, -0.15) is 0 Å². The predicted octanol–water partition coefficient (Wildman–Crippen LogP) is 3.12. The summed E-state index contributed by atoms with van der Waals surface area (Å²) in [4.78, 5) is 10.4. The fourth-order valence-corrected chi connectivity index (χ4v) is 1.57. The number of rotatable bonds is 6. The van der Waals surface area contributed by atoms with Gasteiger partial charge in [-0.3, -0.25) is 4.79 Å². The van der Waals surface area contributed by atoms with E-state index in [1.54, 1.807) is 0 Å². The summed E-state index contributed by atoms with van der Waals surface area (Å²) in [5, 5.41) is 8.55. The van der Waals surface area contributed by atoms with Crippen LogP contribution in [0.15, 0.2) is 30.3 Å². The van der Waals surface area contributed by atoms with Gasteiger partial charge in [-0.15, -0.1) is 0 Å². The number of carboxylic acids is 1. The van der Waals surface area contributed by atoms with Crippen LogP contribution >= 0.6 is 0 Å². The van der Waals surface area contributed by atoms with E-state index in [4.69, 9.17) is 5.11 Å². The number of benzene rings is 1. The lowest BCUT2D eigenvalue weighted by Gasteiger charge is -2.09. The van der Waals surface area contributed by atoms with Gasteiger partial charge < -0.3 is 5.11 Å². The van der Waals surface area contributed by atoms with E-state index in [0.29, 0.717) is 5.92 Å². The summed E-state index contributed by atoms with van der Waals surface area (Å²) in [6.07, 6.45) is 3.18. The van der Waals surface area contributed by atoms with Gasteiger partial charge in [0.25, 0.3) is 0 Å². The average molecular weight is 206 g/mol. The zero-order chi connectivity index (χ0) is 11.1. The summed E-state index contributed by atoms with van der Waals surface area (Å²) in [6, 6.07) is 10.3. The molecule has 2 heteroatoms. The highest BCUT2D eigenvalue weighted by molar-refractivity contribution is 5.66. The molecule has 0 saturated carbocycles. The van der Waals surface area contributed by atoms with E-state index >= 15 is 0 Å². The van der Waals surface area contributed by atoms with Gasteiger partial charge in [0.15, 0.2) is 0 Å². The molecule has 1 rings (SSSR count). The molecule has 0 saturated heterocycles.